The van der Waals surface area contributed by atoms with Crippen LogP contribution in [0.15, 0.2) is 106 Å². The Morgan fingerprint density at radius 2 is 1.00 bits per heavy atom. The molecular formula is C32H26N4O7. The van der Waals surface area contributed by atoms with Gasteiger partial charge in [-0.05, 0) is 72.8 Å². The van der Waals surface area contributed by atoms with Gasteiger partial charge in [0.1, 0.15) is 72.2 Å². The van der Waals surface area contributed by atoms with E-state index >= 15 is 0 Å². The van der Waals surface area contributed by atoms with E-state index in [4.69, 9.17) is 23.3 Å². The van der Waals surface area contributed by atoms with Crippen molar-refractivity contribution >= 4 is 0 Å². The first kappa shape index (κ1) is 27.5. The van der Waals surface area contributed by atoms with Gasteiger partial charge in [-0.2, -0.15) is 0 Å². The zero-order valence-electron chi connectivity index (χ0n) is 22.8. The van der Waals surface area contributed by atoms with Gasteiger partial charge in [-0.15, -0.1) is 0 Å². The van der Waals surface area contributed by atoms with E-state index in [0.717, 1.165) is 11.1 Å². The maximum Gasteiger partial charge on any atom is 0.163 e. The van der Waals surface area contributed by atoms with Crippen LogP contribution in [0.1, 0.15) is 22.9 Å². The molecule has 0 fully saturated rings. The summed E-state index contributed by atoms with van der Waals surface area (Å²) in [6, 6.07) is 24.8. The summed E-state index contributed by atoms with van der Waals surface area (Å²) in [6.45, 7) is 0.724. The number of hydrogen-bond donors (Lipinski definition) is 2. The molecule has 0 saturated heterocycles. The van der Waals surface area contributed by atoms with Crippen molar-refractivity contribution in [2.75, 3.05) is 0 Å². The average Bonchev–Trinajstić information content (AvgIpc) is 3.71. The monoisotopic (exact) mass is 578 g/mol. The molecule has 43 heavy (non-hydrogen) atoms. The van der Waals surface area contributed by atoms with Crippen LogP contribution in [0.2, 0.25) is 0 Å². The first-order valence-corrected chi connectivity index (χ1v) is 13.3. The number of rotatable bonds is 12. The van der Waals surface area contributed by atoms with Crippen molar-refractivity contribution in [1.29, 1.82) is 0 Å². The maximum absolute atomic E-state index is 9.83. The van der Waals surface area contributed by atoms with Gasteiger partial charge in [0.2, 0.25) is 0 Å². The van der Waals surface area contributed by atoms with Crippen molar-refractivity contribution in [2.24, 2.45) is 0 Å². The van der Waals surface area contributed by atoms with E-state index in [9.17, 15) is 10.2 Å². The predicted molar refractivity (Wildman–Crippen MR) is 153 cm³/mol. The van der Waals surface area contributed by atoms with E-state index in [1.54, 1.807) is 36.7 Å². The summed E-state index contributed by atoms with van der Waals surface area (Å²) in [7, 11) is 0. The number of hydrogen-bond acceptors (Lipinski definition) is 11. The highest BCUT2D eigenvalue weighted by atomic mass is 16.5. The minimum atomic E-state index is 0.0951. The van der Waals surface area contributed by atoms with Crippen LogP contribution in [0.4, 0.5) is 0 Å². The zero-order valence-corrected chi connectivity index (χ0v) is 22.8. The van der Waals surface area contributed by atoms with Crippen LogP contribution in [0.25, 0.3) is 22.5 Å². The Bertz CT molecular complexity index is 1650. The third-order valence-corrected chi connectivity index (χ3v) is 6.39. The van der Waals surface area contributed by atoms with Crippen LogP contribution in [0.3, 0.4) is 0 Å². The van der Waals surface area contributed by atoms with Crippen molar-refractivity contribution in [3.8, 4) is 45.5 Å². The highest BCUT2D eigenvalue weighted by Gasteiger charge is 2.11. The molecule has 0 aliphatic rings. The molecule has 216 valence electrons. The van der Waals surface area contributed by atoms with E-state index < -0.39 is 0 Å². The van der Waals surface area contributed by atoms with E-state index in [1.165, 1.54) is 0 Å². The summed E-state index contributed by atoms with van der Waals surface area (Å²) in [5.74, 6) is 2.60. The number of aromatic nitrogens is 4. The number of pyridine rings is 2. The minimum Gasteiger partial charge on any atom is -0.506 e. The lowest BCUT2D eigenvalue weighted by atomic mass is 10.1. The van der Waals surface area contributed by atoms with Gasteiger partial charge in [0.05, 0.1) is 0 Å². The Morgan fingerprint density at radius 1 is 0.558 bits per heavy atom. The van der Waals surface area contributed by atoms with Gasteiger partial charge in [0.25, 0.3) is 0 Å². The summed E-state index contributed by atoms with van der Waals surface area (Å²) < 4.78 is 28.0. The number of benzene rings is 2. The Labute approximate surface area is 245 Å². The number of aromatic hydroxyl groups is 2. The van der Waals surface area contributed by atoms with Crippen molar-refractivity contribution in [1.82, 2.24) is 20.3 Å². The molecule has 4 aromatic heterocycles. The second-order valence-electron chi connectivity index (χ2n) is 9.41. The van der Waals surface area contributed by atoms with Crippen LogP contribution in [0.5, 0.6) is 23.0 Å². The normalized spacial score (nSPS) is 11.0. The van der Waals surface area contributed by atoms with Gasteiger partial charge >= 0.3 is 0 Å². The predicted octanol–water partition coefficient (Wildman–Crippen LogP) is 6.07. The van der Waals surface area contributed by atoms with E-state index in [1.807, 2.05) is 60.7 Å². The van der Waals surface area contributed by atoms with Crippen LogP contribution in [-0.4, -0.2) is 30.5 Å². The fourth-order valence-electron chi connectivity index (χ4n) is 4.11. The summed E-state index contributed by atoms with van der Waals surface area (Å²) in [5, 5.41) is 27.9. The summed E-state index contributed by atoms with van der Waals surface area (Å²) in [4.78, 5) is 8.22. The fourth-order valence-corrected chi connectivity index (χ4v) is 4.11. The lowest BCUT2D eigenvalue weighted by molar-refractivity contribution is 0.0727. The smallest absolute Gasteiger partial charge is 0.163 e. The van der Waals surface area contributed by atoms with Gasteiger partial charge < -0.3 is 33.5 Å². The average molecular weight is 579 g/mol. The standard InChI is InChI=1S/C32H26N4O7/c37-31-3-1-13-33-29(31)19-40-23-9-5-21(6-10-23)27-15-25(42-35-27)17-39-18-26-16-28(36-43-26)22-7-11-24(12-8-22)41-20-30-32(38)4-2-14-34-30/h1-16,37-38H,17-20H2. The molecule has 0 aliphatic heterocycles. The molecule has 2 N–H and O–H groups in total. The first-order valence-electron chi connectivity index (χ1n) is 13.3. The SMILES string of the molecule is Oc1cccnc1COc1ccc(-c2cc(COCc3cc(-c4ccc(OCc5ncccc5O)cc4)no3)on2)cc1. The molecule has 0 bridgehead atoms. The second-order valence-corrected chi connectivity index (χ2v) is 9.41. The van der Waals surface area contributed by atoms with Gasteiger partial charge in [0, 0.05) is 35.7 Å². The Balaban J connectivity index is 0.968. The molecule has 0 unspecified atom stereocenters. The Morgan fingerprint density at radius 3 is 1.42 bits per heavy atom. The zero-order chi connectivity index (χ0) is 29.4. The Kier molecular flexibility index (Phi) is 8.23. The van der Waals surface area contributed by atoms with Gasteiger partial charge in [-0.25, -0.2) is 0 Å². The lowest BCUT2D eigenvalue weighted by Gasteiger charge is -2.07. The highest BCUT2D eigenvalue weighted by Crippen LogP contribution is 2.26. The molecule has 4 heterocycles. The summed E-state index contributed by atoms with van der Waals surface area (Å²) in [5.41, 5.74) is 3.98. The van der Waals surface area contributed by atoms with E-state index in [-0.39, 0.29) is 37.9 Å². The van der Waals surface area contributed by atoms with Crippen LogP contribution in [-0.2, 0) is 31.2 Å². The van der Waals surface area contributed by atoms with E-state index in [2.05, 4.69) is 20.3 Å². The number of ether oxygens (including phenoxy) is 3. The summed E-state index contributed by atoms with van der Waals surface area (Å²) >= 11 is 0. The van der Waals surface area contributed by atoms with Crippen LogP contribution in [0, 0.1) is 0 Å². The van der Waals surface area contributed by atoms with Crippen molar-refractivity contribution in [2.45, 2.75) is 26.4 Å². The van der Waals surface area contributed by atoms with E-state index in [0.29, 0.717) is 45.8 Å². The Hall–Kier alpha value is -5.68. The van der Waals surface area contributed by atoms with Gasteiger partial charge in [0.15, 0.2) is 11.5 Å². The topological polar surface area (TPSA) is 146 Å². The molecule has 0 atom stereocenters. The molecule has 6 rings (SSSR count). The third-order valence-electron chi connectivity index (χ3n) is 6.39. The van der Waals surface area contributed by atoms with Gasteiger partial charge in [-0.3, -0.25) is 9.97 Å². The largest absolute Gasteiger partial charge is 0.506 e. The molecule has 2 aromatic carbocycles. The molecule has 0 radical (unpaired) electrons. The summed E-state index contributed by atoms with van der Waals surface area (Å²) in [6.07, 6.45) is 3.21. The number of nitrogens with zero attached hydrogens (tertiary/aromatic N) is 4. The quantitative estimate of drug-likeness (QED) is 0.174. The molecule has 0 saturated carbocycles. The minimum absolute atomic E-state index is 0.0951. The molecular weight excluding hydrogens is 552 g/mol. The lowest BCUT2D eigenvalue weighted by Crippen LogP contribution is -1.98. The molecule has 0 aliphatic carbocycles. The highest BCUT2D eigenvalue weighted by molar-refractivity contribution is 5.60. The van der Waals surface area contributed by atoms with Crippen LogP contribution < -0.4 is 9.47 Å². The molecule has 11 heteroatoms. The molecule has 11 nitrogen and oxygen atoms in total. The van der Waals surface area contributed by atoms with Crippen molar-refractivity contribution < 1.29 is 33.5 Å². The molecule has 6 aromatic rings. The van der Waals surface area contributed by atoms with Crippen molar-refractivity contribution in [3.05, 3.63) is 120 Å². The molecule has 0 spiro atoms. The van der Waals surface area contributed by atoms with Crippen molar-refractivity contribution in [3.63, 3.8) is 0 Å². The molecule has 0 amide bonds. The van der Waals surface area contributed by atoms with Gasteiger partial charge in [-0.1, -0.05) is 10.3 Å². The van der Waals surface area contributed by atoms with Crippen LogP contribution >= 0.6 is 0 Å². The third kappa shape index (κ3) is 6.97. The first-order chi connectivity index (χ1) is 21.1. The maximum atomic E-state index is 9.83. The fraction of sp³-hybridized carbons (Fsp3) is 0.125. The second kappa shape index (κ2) is 12.9.